The molecule has 7 heteroatoms. The van der Waals surface area contributed by atoms with Gasteiger partial charge in [-0.2, -0.15) is 0 Å². The Morgan fingerprint density at radius 1 is 1.13 bits per heavy atom. The zero-order valence-corrected chi connectivity index (χ0v) is 17.3. The normalized spacial score (nSPS) is 31.6. The highest BCUT2D eigenvalue weighted by atomic mass is 16.8. The maximum atomic E-state index is 11.1. The van der Waals surface area contributed by atoms with E-state index in [4.69, 9.17) is 15.2 Å². The molecule has 1 aromatic heterocycles. The Morgan fingerprint density at radius 2 is 1.90 bits per heavy atom. The summed E-state index contributed by atoms with van der Waals surface area (Å²) in [6, 6.07) is 7.98. The van der Waals surface area contributed by atoms with E-state index in [1.165, 1.54) is 0 Å². The maximum Gasteiger partial charge on any atom is 0.356 e. The van der Waals surface area contributed by atoms with Gasteiger partial charge in [0.2, 0.25) is 0 Å². The fraction of sp³-hybridized carbons (Fsp3) is 0.478. The van der Waals surface area contributed by atoms with Crippen molar-refractivity contribution in [2.45, 2.75) is 56.6 Å². The number of fused-ring (bicyclic) bond motifs is 3. The van der Waals surface area contributed by atoms with E-state index in [2.05, 4.69) is 28.2 Å². The molecule has 4 N–H and O–H groups in total. The van der Waals surface area contributed by atoms with Crippen molar-refractivity contribution < 1.29 is 19.7 Å². The van der Waals surface area contributed by atoms with Gasteiger partial charge in [-0.15, -0.1) is 0 Å². The Labute approximate surface area is 175 Å². The molecule has 0 bridgehead atoms. The summed E-state index contributed by atoms with van der Waals surface area (Å²) in [6.07, 6.45) is 7.61. The number of benzene rings is 1. The molecule has 2 aromatic rings. The molecular formula is C23H27N3O4. The van der Waals surface area contributed by atoms with Crippen LogP contribution < -0.4 is 5.73 Å². The second-order valence-electron chi connectivity index (χ2n) is 8.89. The number of hydrogen-bond acceptors (Lipinski definition) is 7. The van der Waals surface area contributed by atoms with Crippen molar-refractivity contribution >= 4 is 6.02 Å². The number of aryl methyl sites for hydroxylation is 1. The molecule has 158 valence electrons. The Morgan fingerprint density at radius 3 is 2.53 bits per heavy atom. The Hall–Kier alpha value is -2.48. The van der Waals surface area contributed by atoms with Crippen molar-refractivity contribution in [1.82, 2.24) is 4.98 Å². The van der Waals surface area contributed by atoms with Crippen LogP contribution in [-0.4, -0.2) is 40.4 Å². The second-order valence-corrected chi connectivity index (χ2v) is 8.89. The summed E-state index contributed by atoms with van der Waals surface area (Å²) in [4.78, 5) is 8.91. The number of methoxy groups -OCH3 is 1. The number of rotatable bonds is 2. The first kappa shape index (κ1) is 19.5. The molecule has 2 spiro atoms. The summed E-state index contributed by atoms with van der Waals surface area (Å²) in [5.74, 6) is -2.51. The van der Waals surface area contributed by atoms with Gasteiger partial charge in [-0.25, -0.2) is 4.99 Å². The third-order valence-electron chi connectivity index (χ3n) is 7.22. The fourth-order valence-corrected chi connectivity index (χ4v) is 5.84. The highest BCUT2D eigenvalue weighted by molar-refractivity contribution is 5.76. The molecule has 2 aliphatic carbocycles. The molecule has 1 aromatic carbocycles. The van der Waals surface area contributed by atoms with E-state index in [1.54, 1.807) is 7.11 Å². The van der Waals surface area contributed by atoms with Gasteiger partial charge in [0.15, 0.2) is 5.54 Å². The number of hydrogen-bond donors (Lipinski definition) is 3. The Bertz CT molecular complexity index is 1030. The first-order valence-electron chi connectivity index (χ1n) is 10.4. The molecule has 3 aliphatic rings. The van der Waals surface area contributed by atoms with E-state index < -0.39 is 16.9 Å². The van der Waals surface area contributed by atoms with Crippen molar-refractivity contribution in [3.05, 3.63) is 53.3 Å². The molecule has 7 nitrogen and oxygen atoms in total. The minimum atomic E-state index is -2.51. The lowest BCUT2D eigenvalue weighted by Gasteiger charge is -2.48. The molecule has 2 heterocycles. The van der Waals surface area contributed by atoms with Crippen LogP contribution >= 0.6 is 0 Å². The lowest BCUT2D eigenvalue weighted by atomic mass is 9.60. The highest BCUT2D eigenvalue weighted by Crippen LogP contribution is 2.65. The molecule has 0 saturated heterocycles. The van der Waals surface area contributed by atoms with Crippen LogP contribution in [0.15, 0.2) is 41.7 Å². The van der Waals surface area contributed by atoms with Gasteiger partial charge in [0.25, 0.3) is 6.02 Å². The van der Waals surface area contributed by atoms with E-state index in [0.29, 0.717) is 6.42 Å². The van der Waals surface area contributed by atoms with Gasteiger partial charge in [0, 0.05) is 30.5 Å². The minimum Gasteiger partial charge on any atom is -0.405 e. The summed E-state index contributed by atoms with van der Waals surface area (Å²) < 4.78 is 10.8. The molecule has 1 fully saturated rings. The quantitative estimate of drug-likeness (QED) is 0.657. The number of ether oxygens (including phenoxy) is 2. The van der Waals surface area contributed by atoms with Crippen molar-refractivity contribution in [1.29, 1.82) is 0 Å². The van der Waals surface area contributed by atoms with E-state index in [-0.39, 0.29) is 12.1 Å². The van der Waals surface area contributed by atoms with Crippen LogP contribution in [0, 0.1) is 12.3 Å². The number of amidine groups is 1. The highest BCUT2D eigenvalue weighted by Gasteiger charge is 2.72. The average Bonchev–Trinajstić information content (AvgIpc) is 3.13. The summed E-state index contributed by atoms with van der Waals surface area (Å²) in [5.41, 5.74) is 8.82. The molecule has 0 amide bonds. The standard InChI is InChI=1S/C23H27N3O4/c1-14-9-17(13-25-12-14)15-3-4-16-11-21(7-5-18(29-2)6-8-21)22(19(16)10-15)23(27,28)30-20(24)26-22/h3-4,9-10,12-13,18,27-28H,5-8,11H2,1-2H3,(H2,24,26). The number of nitrogens with zero attached hydrogens (tertiary/aromatic N) is 2. The van der Waals surface area contributed by atoms with Crippen molar-refractivity contribution in [2.24, 2.45) is 16.1 Å². The summed E-state index contributed by atoms with van der Waals surface area (Å²) in [5, 5.41) is 22.2. The lowest BCUT2D eigenvalue weighted by molar-refractivity contribution is -0.347. The molecular weight excluding hydrogens is 382 g/mol. The molecule has 0 radical (unpaired) electrons. The van der Waals surface area contributed by atoms with Gasteiger partial charge in [-0.05, 0) is 73.4 Å². The van der Waals surface area contributed by atoms with E-state index >= 15 is 0 Å². The lowest BCUT2D eigenvalue weighted by Crippen LogP contribution is -2.58. The molecule has 1 aliphatic heterocycles. The number of aliphatic imine (C=N–C) groups is 1. The fourth-order valence-electron chi connectivity index (χ4n) is 5.84. The molecule has 5 rings (SSSR count). The Balaban J connectivity index is 1.68. The van der Waals surface area contributed by atoms with Gasteiger partial charge in [-0.3, -0.25) is 4.98 Å². The molecule has 1 saturated carbocycles. The van der Waals surface area contributed by atoms with Crippen molar-refractivity contribution in [2.75, 3.05) is 7.11 Å². The summed E-state index contributed by atoms with van der Waals surface area (Å²) in [7, 11) is 1.72. The van der Waals surface area contributed by atoms with Gasteiger partial charge < -0.3 is 25.4 Å². The van der Waals surface area contributed by atoms with E-state index in [0.717, 1.165) is 53.5 Å². The number of aromatic nitrogens is 1. The summed E-state index contributed by atoms with van der Waals surface area (Å²) in [6.45, 7) is 2.00. The summed E-state index contributed by atoms with van der Waals surface area (Å²) >= 11 is 0. The molecule has 1 unspecified atom stereocenters. The van der Waals surface area contributed by atoms with Crippen LogP contribution in [0.25, 0.3) is 11.1 Å². The van der Waals surface area contributed by atoms with Crippen LogP contribution in [0.3, 0.4) is 0 Å². The number of nitrogens with two attached hydrogens (primary N) is 1. The van der Waals surface area contributed by atoms with Crippen molar-refractivity contribution in [3.63, 3.8) is 0 Å². The molecule has 30 heavy (non-hydrogen) atoms. The van der Waals surface area contributed by atoms with Crippen molar-refractivity contribution in [3.8, 4) is 11.1 Å². The van der Waals surface area contributed by atoms with Crippen LogP contribution in [-0.2, 0) is 21.4 Å². The predicted molar refractivity (Wildman–Crippen MR) is 111 cm³/mol. The first-order chi connectivity index (χ1) is 14.3. The maximum absolute atomic E-state index is 11.1. The number of pyridine rings is 1. The monoisotopic (exact) mass is 409 g/mol. The topological polar surface area (TPSA) is 110 Å². The number of aliphatic hydroxyl groups is 2. The van der Waals surface area contributed by atoms with Crippen LogP contribution in [0.5, 0.6) is 0 Å². The predicted octanol–water partition coefficient (Wildman–Crippen LogP) is 2.37. The third kappa shape index (κ3) is 2.55. The third-order valence-corrected chi connectivity index (χ3v) is 7.22. The average molecular weight is 409 g/mol. The van der Waals surface area contributed by atoms with E-state index in [9.17, 15) is 10.2 Å². The van der Waals surface area contributed by atoms with Crippen LogP contribution in [0.1, 0.15) is 42.4 Å². The smallest absolute Gasteiger partial charge is 0.356 e. The molecule has 1 atom stereocenters. The SMILES string of the molecule is COC1CCC2(CC1)Cc1ccc(-c3cncc(C)c3)cc1C21N=C(N)OC1(O)O. The minimum absolute atomic E-state index is 0.167. The zero-order valence-electron chi connectivity index (χ0n) is 17.3. The largest absolute Gasteiger partial charge is 0.405 e. The van der Waals surface area contributed by atoms with Crippen LogP contribution in [0.2, 0.25) is 0 Å². The second kappa shape index (κ2) is 6.51. The Kier molecular flexibility index (Phi) is 4.23. The van der Waals surface area contributed by atoms with E-state index in [1.807, 2.05) is 25.4 Å². The van der Waals surface area contributed by atoms with Gasteiger partial charge in [0.05, 0.1) is 6.10 Å². The van der Waals surface area contributed by atoms with Gasteiger partial charge >= 0.3 is 5.97 Å². The van der Waals surface area contributed by atoms with Gasteiger partial charge in [-0.1, -0.05) is 12.1 Å². The first-order valence-corrected chi connectivity index (χ1v) is 10.4. The van der Waals surface area contributed by atoms with Gasteiger partial charge in [0.1, 0.15) is 0 Å². The van der Waals surface area contributed by atoms with Crippen LogP contribution in [0.4, 0.5) is 0 Å². The zero-order chi connectivity index (χ0) is 21.1.